The van der Waals surface area contributed by atoms with Crippen LogP contribution in [0.2, 0.25) is 0 Å². The standard InChI is InChI=1S/C17H19NO2S/c1-11-5-4-6-12(9-11)21-16-13-7-2-3-8-15(13)18-10-14(16)17(19)20/h2-3,7-8,10-12H,4-6,9H2,1H3,(H,19,20). The van der Waals surface area contributed by atoms with Crippen LogP contribution in [0.4, 0.5) is 0 Å². The van der Waals surface area contributed by atoms with E-state index in [4.69, 9.17) is 0 Å². The number of para-hydroxylation sites is 1. The van der Waals surface area contributed by atoms with Crippen molar-refractivity contribution in [3.63, 3.8) is 0 Å². The molecule has 0 bridgehead atoms. The summed E-state index contributed by atoms with van der Waals surface area (Å²) in [5.74, 6) is -0.155. The minimum Gasteiger partial charge on any atom is -0.478 e. The molecular formula is C17H19NO2S. The molecule has 2 unspecified atom stereocenters. The van der Waals surface area contributed by atoms with Gasteiger partial charge in [0.05, 0.1) is 11.1 Å². The highest BCUT2D eigenvalue weighted by Crippen LogP contribution is 2.40. The van der Waals surface area contributed by atoms with Crippen LogP contribution in [0.15, 0.2) is 35.4 Å². The molecule has 3 rings (SSSR count). The molecule has 0 saturated heterocycles. The molecule has 1 aliphatic rings. The molecule has 4 heteroatoms. The number of nitrogens with zero attached hydrogens (tertiary/aromatic N) is 1. The van der Waals surface area contributed by atoms with Gasteiger partial charge in [0.2, 0.25) is 0 Å². The zero-order valence-electron chi connectivity index (χ0n) is 12.1. The van der Waals surface area contributed by atoms with E-state index in [-0.39, 0.29) is 0 Å². The van der Waals surface area contributed by atoms with Gasteiger partial charge < -0.3 is 5.11 Å². The average Bonchev–Trinajstić information content (AvgIpc) is 2.47. The van der Waals surface area contributed by atoms with E-state index < -0.39 is 5.97 Å². The predicted molar refractivity (Wildman–Crippen MR) is 86.0 cm³/mol. The fourth-order valence-electron chi connectivity index (χ4n) is 3.05. The molecule has 21 heavy (non-hydrogen) atoms. The number of fused-ring (bicyclic) bond motifs is 1. The Balaban J connectivity index is 2.01. The Bertz CT molecular complexity index is 671. The lowest BCUT2D eigenvalue weighted by Gasteiger charge is -2.26. The van der Waals surface area contributed by atoms with Gasteiger partial charge in [-0.1, -0.05) is 38.0 Å². The van der Waals surface area contributed by atoms with Crippen molar-refractivity contribution in [1.82, 2.24) is 4.98 Å². The molecule has 2 aromatic rings. The molecule has 0 radical (unpaired) electrons. The van der Waals surface area contributed by atoms with Crippen molar-refractivity contribution in [2.45, 2.75) is 42.8 Å². The average molecular weight is 301 g/mol. The number of thioether (sulfide) groups is 1. The first kappa shape index (κ1) is 14.4. The van der Waals surface area contributed by atoms with Crippen molar-refractivity contribution < 1.29 is 9.90 Å². The number of carboxylic acids is 1. The summed E-state index contributed by atoms with van der Waals surface area (Å²) in [6, 6.07) is 7.80. The number of aromatic nitrogens is 1. The third-order valence-electron chi connectivity index (χ3n) is 4.13. The summed E-state index contributed by atoms with van der Waals surface area (Å²) in [4.78, 5) is 16.7. The van der Waals surface area contributed by atoms with Crippen LogP contribution >= 0.6 is 11.8 Å². The van der Waals surface area contributed by atoms with Gasteiger partial charge in [0.25, 0.3) is 0 Å². The highest BCUT2D eigenvalue weighted by atomic mass is 32.2. The highest BCUT2D eigenvalue weighted by Gasteiger charge is 2.23. The maximum atomic E-state index is 11.5. The number of carbonyl (C=O) groups is 1. The molecule has 1 aromatic carbocycles. The number of pyridine rings is 1. The lowest BCUT2D eigenvalue weighted by Crippen LogP contribution is -2.15. The number of rotatable bonds is 3. The normalized spacial score (nSPS) is 22.3. The van der Waals surface area contributed by atoms with Crippen molar-refractivity contribution in [3.05, 3.63) is 36.0 Å². The van der Waals surface area contributed by atoms with E-state index in [2.05, 4.69) is 11.9 Å². The Morgan fingerprint density at radius 1 is 1.33 bits per heavy atom. The second-order valence-corrected chi connectivity index (χ2v) is 7.15. The van der Waals surface area contributed by atoms with Crippen LogP contribution in [0.25, 0.3) is 10.9 Å². The summed E-state index contributed by atoms with van der Waals surface area (Å²) in [5.41, 5.74) is 1.20. The first-order valence-corrected chi connectivity index (χ1v) is 8.31. The van der Waals surface area contributed by atoms with Gasteiger partial charge in [0.15, 0.2) is 0 Å². The summed E-state index contributed by atoms with van der Waals surface area (Å²) in [7, 11) is 0. The molecule has 0 aliphatic heterocycles. The number of hydrogen-bond acceptors (Lipinski definition) is 3. The largest absolute Gasteiger partial charge is 0.478 e. The molecule has 1 aliphatic carbocycles. The van der Waals surface area contributed by atoms with Gasteiger partial charge in [-0.2, -0.15) is 0 Å². The van der Waals surface area contributed by atoms with Crippen molar-refractivity contribution >= 4 is 28.6 Å². The summed E-state index contributed by atoms with van der Waals surface area (Å²) in [5, 5.41) is 10.9. The van der Waals surface area contributed by atoms with Crippen LogP contribution in [0.3, 0.4) is 0 Å². The highest BCUT2D eigenvalue weighted by molar-refractivity contribution is 8.00. The Morgan fingerprint density at radius 2 is 2.14 bits per heavy atom. The van der Waals surface area contributed by atoms with E-state index in [0.29, 0.717) is 10.8 Å². The lowest BCUT2D eigenvalue weighted by molar-refractivity contribution is 0.0693. The minimum absolute atomic E-state index is 0.330. The molecule has 1 heterocycles. The van der Waals surface area contributed by atoms with Crippen molar-refractivity contribution in [2.75, 3.05) is 0 Å². The molecule has 1 saturated carbocycles. The zero-order chi connectivity index (χ0) is 14.8. The maximum absolute atomic E-state index is 11.5. The molecule has 1 fully saturated rings. The van der Waals surface area contributed by atoms with E-state index in [1.807, 2.05) is 24.3 Å². The summed E-state index contributed by atoms with van der Waals surface area (Å²) in [6.07, 6.45) is 6.37. The van der Waals surface area contributed by atoms with Gasteiger partial charge in [-0.3, -0.25) is 4.98 Å². The second kappa shape index (κ2) is 6.06. The smallest absolute Gasteiger partial charge is 0.338 e. The van der Waals surface area contributed by atoms with Gasteiger partial charge in [-0.05, 0) is 24.8 Å². The molecule has 2 atom stereocenters. The van der Waals surface area contributed by atoms with Crippen LogP contribution in [0.1, 0.15) is 43.0 Å². The van der Waals surface area contributed by atoms with Crippen molar-refractivity contribution in [3.8, 4) is 0 Å². The fraction of sp³-hybridized carbons (Fsp3) is 0.412. The van der Waals surface area contributed by atoms with Crippen molar-refractivity contribution in [2.24, 2.45) is 5.92 Å². The Kier molecular flexibility index (Phi) is 4.15. The minimum atomic E-state index is -0.889. The van der Waals surface area contributed by atoms with Crippen LogP contribution in [0.5, 0.6) is 0 Å². The Labute approximate surface area is 128 Å². The molecule has 0 spiro atoms. The Hall–Kier alpha value is -1.55. The molecule has 0 amide bonds. The van der Waals surface area contributed by atoms with Crippen LogP contribution < -0.4 is 0 Å². The Morgan fingerprint density at radius 3 is 2.90 bits per heavy atom. The first-order chi connectivity index (χ1) is 10.1. The lowest BCUT2D eigenvalue weighted by atomic mass is 9.91. The number of hydrogen-bond donors (Lipinski definition) is 1. The first-order valence-electron chi connectivity index (χ1n) is 7.43. The van der Waals surface area contributed by atoms with Gasteiger partial charge in [-0.25, -0.2) is 4.79 Å². The molecule has 1 N–H and O–H groups in total. The monoisotopic (exact) mass is 301 g/mol. The SMILES string of the molecule is CC1CCCC(Sc2c(C(=O)O)cnc3ccccc23)C1. The quantitative estimate of drug-likeness (QED) is 0.900. The van der Waals surface area contributed by atoms with Gasteiger partial charge in [0.1, 0.15) is 0 Å². The van der Waals surface area contributed by atoms with Gasteiger partial charge >= 0.3 is 5.97 Å². The third-order valence-corrected chi connectivity index (χ3v) is 5.57. The second-order valence-electron chi connectivity index (χ2n) is 5.83. The molecule has 110 valence electrons. The van der Waals surface area contributed by atoms with Gasteiger partial charge in [0, 0.05) is 21.7 Å². The van der Waals surface area contributed by atoms with Crippen LogP contribution in [0, 0.1) is 5.92 Å². The maximum Gasteiger partial charge on any atom is 0.338 e. The molecular weight excluding hydrogens is 282 g/mol. The van der Waals surface area contributed by atoms with E-state index in [1.165, 1.54) is 31.9 Å². The van der Waals surface area contributed by atoms with Crippen LogP contribution in [-0.4, -0.2) is 21.3 Å². The molecule has 3 nitrogen and oxygen atoms in total. The van der Waals surface area contributed by atoms with Crippen molar-refractivity contribution in [1.29, 1.82) is 0 Å². The number of benzene rings is 1. The third kappa shape index (κ3) is 3.05. The number of aromatic carboxylic acids is 1. The van der Waals surface area contributed by atoms with Gasteiger partial charge in [-0.15, -0.1) is 11.8 Å². The summed E-state index contributed by atoms with van der Waals surface area (Å²) < 4.78 is 0. The summed E-state index contributed by atoms with van der Waals surface area (Å²) in [6.45, 7) is 2.29. The summed E-state index contributed by atoms with van der Waals surface area (Å²) >= 11 is 1.73. The van der Waals surface area contributed by atoms with E-state index in [9.17, 15) is 9.90 Å². The fourth-order valence-corrected chi connectivity index (χ4v) is 4.66. The predicted octanol–water partition coefficient (Wildman–Crippen LogP) is 4.60. The number of carboxylic acid groups (broad SMARTS) is 1. The van der Waals surface area contributed by atoms with E-state index >= 15 is 0 Å². The zero-order valence-corrected chi connectivity index (χ0v) is 12.9. The van der Waals surface area contributed by atoms with E-state index in [0.717, 1.165) is 21.7 Å². The topological polar surface area (TPSA) is 50.2 Å². The van der Waals surface area contributed by atoms with Crippen LogP contribution in [-0.2, 0) is 0 Å². The van der Waals surface area contributed by atoms with E-state index in [1.54, 1.807) is 11.8 Å². The molecule has 1 aromatic heterocycles.